The monoisotopic (exact) mass is 296 g/mol. The summed E-state index contributed by atoms with van der Waals surface area (Å²) in [5, 5.41) is 0. The predicted octanol–water partition coefficient (Wildman–Crippen LogP) is 2.42. The number of carbonyl (C=O) groups excluding carboxylic acids is 1. The van der Waals surface area contributed by atoms with Crippen molar-refractivity contribution in [1.29, 1.82) is 0 Å². The largest absolute Gasteiger partial charge is 0.381 e. The van der Waals surface area contributed by atoms with Crippen LogP contribution >= 0.6 is 0 Å². The molecule has 1 saturated heterocycles. The summed E-state index contributed by atoms with van der Waals surface area (Å²) in [5.41, 5.74) is 5.69. The minimum absolute atomic E-state index is 0.354. The maximum absolute atomic E-state index is 12.6. The summed E-state index contributed by atoms with van der Waals surface area (Å²) < 4.78 is 5.45. The Hall–Kier alpha value is -0.610. The summed E-state index contributed by atoms with van der Waals surface area (Å²) in [4.78, 5) is 14.7. The van der Waals surface area contributed by atoms with E-state index in [9.17, 15) is 4.79 Å². The lowest BCUT2D eigenvalue weighted by Crippen LogP contribution is -2.37. The number of nitrogens with zero attached hydrogens (tertiary/aromatic N) is 1. The fourth-order valence-electron chi connectivity index (χ4n) is 3.32. The van der Waals surface area contributed by atoms with Crippen LogP contribution in [0.1, 0.15) is 52.4 Å². The van der Waals surface area contributed by atoms with Crippen molar-refractivity contribution in [2.75, 3.05) is 26.3 Å². The number of ether oxygens (including phenoxy) is 1. The molecule has 1 aliphatic heterocycles. The topological polar surface area (TPSA) is 55.6 Å². The van der Waals surface area contributed by atoms with Gasteiger partial charge in [0.1, 0.15) is 0 Å². The molecule has 122 valence electrons. The molecular weight excluding hydrogens is 264 g/mol. The van der Waals surface area contributed by atoms with Gasteiger partial charge in [-0.05, 0) is 50.5 Å². The van der Waals surface area contributed by atoms with Crippen molar-refractivity contribution in [3.63, 3.8) is 0 Å². The summed E-state index contributed by atoms with van der Waals surface area (Å²) in [6, 6.07) is 0.519. The van der Waals surface area contributed by atoms with Crippen molar-refractivity contribution in [3.8, 4) is 0 Å². The fourth-order valence-corrected chi connectivity index (χ4v) is 3.32. The Kier molecular flexibility index (Phi) is 6.49. The van der Waals surface area contributed by atoms with Gasteiger partial charge in [-0.15, -0.1) is 0 Å². The van der Waals surface area contributed by atoms with E-state index in [1.165, 1.54) is 12.8 Å². The quantitative estimate of drug-likeness (QED) is 0.711. The van der Waals surface area contributed by atoms with Gasteiger partial charge in [-0.1, -0.05) is 13.8 Å². The van der Waals surface area contributed by atoms with Crippen LogP contribution in [0.3, 0.4) is 0 Å². The Morgan fingerprint density at radius 2 is 2.05 bits per heavy atom. The number of hydrogen-bond donors (Lipinski definition) is 1. The van der Waals surface area contributed by atoms with Gasteiger partial charge in [-0.25, -0.2) is 0 Å². The third kappa shape index (κ3) is 5.26. The summed E-state index contributed by atoms with van der Waals surface area (Å²) in [6.45, 7) is 7.80. The zero-order valence-corrected chi connectivity index (χ0v) is 13.7. The first-order valence-corrected chi connectivity index (χ1v) is 8.69. The van der Waals surface area contributed by atoms with E-state index in [0.717, 1.165) is 45.6 Å². The molecule has 0 bridgehead atoms. The van der Waals surface area contributed by atoms with Crippen LogP contribution in [0.5, 0.6) is 0 Å². The fraction of sp³-hybridized carbons (Fsp3) is 0.941. The van der Waals surface area contributed by atoms with E-state index in [0.29, 0.717) is 36.1 Å². The lowest BCUT2D eigenvalue weighted by molar-refractivity contribution is -0.132. The molecule has 2 aliphatic rings. The third-order valence-electron chi connectivity index (χ3n) is 5.00. The first-order valence-electron chi connectivity index (χ1n) is 8.69. The number of rotatable bonds is 9. The van der Waals surface area contributed by atoms with Crippen LogP contribution in [0.15, 0.2) is 0 Å². The van der Waals surface area contributed by atoms with Crippen molar-refractivity contribution in [3.05, 3.63) is 0 Å². The van der Waals surface area contributed by atoms with E-state index in [2.05, 4.69) is 18.7 Å². The van der Waals surface area contributed by atoms with Gasteiger partial charge < -0.3 is 15.4 Å². The van der Waals surface area contributed by atoms with E-state index in [-0.39, 0.29) is 0 Å². The molecule has 2 rings (SSSR count). The van der Waals surface area contributed by atoms with E-state index < -0.39 is 0 Å². The maximum atomic E-state index is 12.6. The highest BCUT2D eigenvalue weighted by Gasteiger charge is 2.34. The Labute approximate surface area is 129 Å². The van der Waals surface area contributed by atoms with E-state index in [1.807, 2.05) is 0 Å². The van der Waals surface area contributed by atoms with Gasteiger partial charge in [0.15, 0.2) is 0 Å². The molecule has 4 heteroatoms. The molecule has 2 N–H and O–H groups in total. The first kappa shape index (κ1) is 16.8. The molecule has 21 heavy (non-hydrogen) atoms. The Morgan fingerprint density at radius 3 is 2.57 bits per heavy atom. The molecule has 2 unspecified atom stereocenters. The van der Waals surface area contributed by atoms with E-state index in [1.54, 1.807) is 0 Å². The molecule has 0 radical (unpaired) electrons. The van der Waals surface area contributed by atoms with Crippen molar-refractivity contribution in [1.82, 2.24) is 4.90 Å². The molecule has 1 amide bonds. The molecule has 0 spiro atoms. The highest BCUT2D eigenvalue weighted by atomic mass is 16.5. The summed E-state index contributed by atoms with van der Waals surface area (Å²) in [5.74, 6) is 2.10. The molecule has 1 saturated carbocycles. The second-order valence-corrected chi connectivity index (χ2v) is 7.13. The summed E-state index contributed by atoms with van der Waals surface area (Å²) >= 11 is 0. The van der Waals surface area contributed by atoms with Crippen molar-refractivity contribution in [2.45, 2.75) is 58.4 Å². The highest BCUT2D eigenvalue weighted by molar-refractivity contribution is 5.76. The molecule has 2 atom stereocenters. The van der Waals surface area contributed by atoms with Crippen LogP contribution in [-0.4, -0.2) is 43.2 Å². The second-order valence-electron chi connectivity index (χ2n) is 7.13. The first-order chi connectivity index (χ1) is 10.1. The molecule has 4 nitrogen and oxygen atoms in total. The number of carbonyl (C=O) groups is 1. The normalized spacial score (nSPS) is 23.5. The Morgan fingerprint density at radius 1 is 1.29 bits per heavy atom. The van der Waals surface area contributed by atoms with Gasteiger partial charge in [0.05, 0.1) is 6.61 Å². The number of amides is 1. The standard InChI is InChI=1S/C17H32N2O2/c1-13(2)15(7-9-18)3-6-17(20)19(16-4-5-16)11-14-8-10-21-12-14/h13-16H,3-12,18H2,1-2H3. The zero-order chi connectivity index (χ0) is 15.2. The lowest BCUT2D eigenvalue weighted by atomic mass is 9.88. The van der Waals surface area contributed by atoms with Crippen LogP contribution in [0.25, 0.3) is 0 Å². The van der Waals surface area contributed by atoms with Crippen molar-refractivity contribution in [2.24, 2.45) is 23.5 Å². The van der Waals surface area contributed by atoms with Crippen LogP contribution in [0, 0.1) is 17.8 Å². The third-order valence-corrected chi connectivity index (χ3v) is 5.00. The van der Waals surface area contributed by atoms with Crippen LogP contribution < -0.4 is 5.73 Å². The van der Waals surface area contributed by atoms with Gasteiger partial charge in [-0.2, -0.15) is 0 Å². The van der Waals surface area contributed by atoms with E-state index >= 15 is 0 Å². The Bertz CT molecular complexity index is 323. The predicted molar refractivity (Wildman–Crippen MR) is 84.9 cm³/mol. The summed E-state index contributed by atoms with van der Waals surface area (Å²) in [6.07, 6.45) is 6.19. The van der Waals surface area contributed by atoms with Gasteiger partial charge in [0.2, 0.25) is 5.91 Å². The molecule has 1 heterocycles. The minimum Gasteiger partial charge on any atom is -0.381 e. The smallest absolute Gasteiger partial charge is 0.222 e. The van der Waals surface area contributed by atoms with Crippen LogP contribution in [0.2, 0.25) is 0 Å². The molecule has 0 aromatic carbocycles. The van der Waals surface area contributed by atoms with Gasteiger partial charge >= 0.3 is 0 Å². The van der Waals surface area contributed by atoms with Gasteiger partial charge in [0.25, 0.3) is 0 Å². The van der Waals surface area contributed by atoms with Crippen molar-refractivity contribution < 1.29 is 9.53 Å². The maximum Gasteiger partial charge on any atom is 0.222 e. The number of hydrogen-bond acceptors (Lipinski definition) is 3. The van der Waals surface area contributed by atoms with Crippen LogP contribution in [0.4, 0.5) is 0 Å². The second kappa shape index (κ2) is 8.14. The van der Waals surface area contributed by atoms with Gasteiger partial charge in [-0.3, -0.25) is 4.79 Å². The molecule has 0 aromatic heterocycles. The SMILES string of the molecule is CC(C)C(CCN)CCC(=O)N(CC1CCOC1)C1CC1. The molecule has 2 fully saturated rings. The minimum atomic E-state index is 0.354. The average molecular weight is 296 g/mol. The van der Waals surface area contributed by atoms with Crippen LogP contribution in [-0.2, 0) is 9.53 Å². The van der Waals surface area contributed by atoms with Gasteiger partial charge in [0, 0.05) is 31.5 Å². The number of nitrogens with two attached hydrogens (primary N) is 1. The lowest BCUT2D eigenvalue weighted by Gasteiger charge is -2.27. The molecular formula is C17H32N2O2. The van der Waals surface area contributed by atoms with Crippen molar-refractivity contribution >= 4 is 5.91 Å². The summed E-state index contributed by atoms with van der Waals surface area (Å²) in [7, 11) is 0. The Balaban J connectivity index is 1.80. The highest BCUT2D eigenvalue weighted by Crippen LogP contribution is 2.30. The zero-order valence-electron chi connectivity index (χ0n) is 13.7. The molecule has 1 aliphatic carbocycles. The molecule has 0 aromatic rings. The van der Waals surface area contributed by atoms with E-state index in [4.69, 9.17) is 10.5 Å². The average Bonchev–Trinajstić information content (AvgIpc) is 3.16.